The van der Waals surface area contributed by atoms with Crippen molar-refractivity contribution in [2.45, 2.75) is 26.7 Å². The van der Waals surface area contributed by atoms with E-state index < -0.39 is 0 Å². The van der Waals surface area contributed by atoms with E-state index in [9.17, 15) is 4.79 Å². The Morgan fingerprint density at radius 2 is 1.94 bits per heavy atom. The number of rotatable bonds is 2. The van der Waals surface area contributed by atoms with Crippen LogP contribution in [0.15, 0.2) is 30.0 Å². The highest BCUT2D eigenvalue weighted by Crippen LogP contribution is 2.35. The van der Waals surface area contributed by atoms with Crippen molar-refractivity contribution in [1.29, 1.82) is 0 Å². The molecule has 1 aliphatic carbocycles. The van der Waals surface area contributed by atoms with E-state index in [0.29, 0.717) is 16.5 Å². The first-order valence-electron chi connectivity index (χ1n) is 5.81. The van der Waals surface area contributed by atoms with E-state index in [1.165, 1.54) is 0 Å². The number of carbonyl (C=O) groups is 1. The summed E-state index contributed by atoms with van der Waals surface area (Å²) in [5.41, 5.74) is 1.61. The lowest BCUT2D eigenvalue weighted by Crippen LogP contribution is -2.24. The Labute approximate surface area is 117 Å². The van der Waals surface area contributed by atoms with Gasteiger partial charge in [-0.25, -0.2) is 0 Å². The summed E-state index contributed by atoms with van der Waals surface area (Å²) >= 11 is 12.0. The Balaban J connectivity index is 2.24. The highest BCUT2D eigenvalue weighted by molar-refractivity contribution is 6.35. The number of hydrogen-bond donors (Lipinski definition) is 1. The molecule has 0 saturated carbocycles. The Morgan fingerprint density at radius 3 is 2.61 bits per heavy atom. The van der Waals surface area contributed by atoms with Crippen molar-refractivity contribution in [3.8, 4) is 0 Å². The monoisotopic (exact) mass is 283 g/mol. The fourth-order valence-corrected chi connectivity index (χ4v) is 2.53. The van der Waals surface area contributed by atoms with Gasteiger partial charge >= 0.3 is 0 Å². The lowest BCUT2D eigenvalue weighted by molar-refractivity contribution is -0.117. The maximum atomic E-state index is 11.7. The van der Waals surface area contributed by atoms with Gasteiger partial charge in [-0.2, -0.15) is 0 Å². The van der Waals surface area contributed by atoms with E-state index in [1.807, 2.05) is 0 Å². The van der Waals surface area contributed by atoms with Gasteiger partial charge in [0, 0.05) is 23.2 Å². The fraction of sp³-hybridized carbons (Fsp3) is 0.357. The number of benzene rings is 1. The number of allylic oxidation sites excluding steroid dienone is 2. The molecule has 2 rings (SSSR count). The zero-order chi connectivity index (χ0) is 13.3. The first-order chi connectivity index (χ1) is 8.35. The van der Waals surface area contributed by atoms with Gasteiger partial charge in [0.15, 0.2) is 5.78 Å². The number of nitrogens with one attached hydrogen (secondary N) is 1. The second-order valence-corrected chi connectivity index (χ2v) is 6.25. The molecule has 0 unspecified atom stereocenters. The minimum atomic E-state index is -0.0147. The molecule has 1 aromatic rings. The van der Waals surface area contributed by atoms with Gasteiger partial charge in [0.25, 0.3) is 0 Å². The molecule has 1 aromatic carbocycles. The van der Waals surface area contributed by atoms with Crippen LogP contribution in [0.4, 0.5) is 5.69 Å². The van der Waals surface area contributed by atoms with Gasteiger partial charge in [-0.15, -0.1) is 0 Å². The van der Waals surface area contributed by atoms with Crippen LogP contribution < -0.4 is 5.32 Å². The number of anilines is 1. The van der Waals surface area contributed by atoms with Crippen molar-refractivity contribution in [2.75, 3.05) is 5.32 Å². The smallest absolute Gasteiger partial charge is 0.157 e. The van der Waals surface area contributed by atoms with Gasteiger partial charge in [0.2, 0.25) is 0 Å². The third kappa shape index (κ3) is 3.27. The SMILES string of the molecule is CC1(C)CC(=O)C=C(Nc2cc(Cl)ccc2Cl)C1. The summed E-state index contributed by atoms with van der Waals surface area (Å²) in [5.74, 6) is 0.145. The zero-order valence-corrected chi connectivity index (χ0v) is 11.9. The summed E-state index contributed by atoms with van der Waals surface area (Å²) in [7, 11) is 0. The minimum absolute atomic E-state index is 0.0147. The van der Waals surface area contributed by atoms with Crippen molar-refractivity contribution < 1.29 is 4.79 Å². The largest absolute Gasteiger partial charge is 0.358 e. The van der Waals surface area contributed by atoms with Crippen LogP contribution in [-0.2, 0) is 4.79 Å². The number of ketones is 1. The summed E-state index contributed by atoms with van der Waals surface area (Å²) in [6.07, 6.45) is 3.06. The van der Waals surface area contributed by atoms with E-state index in [4.69, 9.17) is 23.2 Å². The first-order valence-corrected chi connectivity index (χ1v) is 6.57. The zero-order valence-electron chi connectivity index (χ0n) is 10.4. The maximum Gasteiger partial charge on any atom is 0.157 e. The molecule has 18 heavy (non-hydrogen) atoms. The quantitative estimate of drug-likeness (QED) is 0.854. The molecule has 0 aliphatic heterocycles. The first kappa shape index (κ1) is 13.4. The Hall–Kier alpha value is -0.990. The molecule has 0 spiro atoms. The molecule has 0 amide bonds. The van der Waals surface area contributed by atoms with Crippen molar-refractivity contribution in [3.63, 3.8) is 0 Å². The highest BCUT2D eigenvalue weighted by Gasteiger charge is 2.27. The molecule has 96 valence electrons. The molecule has 0 atom stereocenters. The molecule has 0 aromatic heterocycles. The van der Waals surface area contributed by atoms with Crippen LogP contribution >= 0.6 is 23.2 Å². The van der Waals surface area contributed by atoms with Crippen molar-refractivity contribution in [2.24, 2.45) is 5.41 Å². The average molecular weight is 284 g/mol. The van der Waals surface area contributed by atoms with E-state index in [1.54, 1.807) is 24.3 Å². The summed E-state index contributed by atoms with van der Waals surface area (Å²) in [6, 6.07) is 5.23. The van der Waals surface area contributed by atoms with E-state index in [0.717, 1.165) is 17.8 Å². The van der Waals surface area contributed by atoms with Crippen LogP contribution in [0.2, 0.25) is 10.0 Å². The lowest BCUT2D eigenvalue weighted by Gasteiger charge is -2.29. The predicted molar refractivity (Wildman–Crippen MR) is 76.2 cm³/mol. The van der Waals surface area contributed by atoms with Gasteiger partial charge < -0.3 is 5.32 Å². The van der Waals surface area contributed by atoms with Crippen LogP contribution in [0.3, 0.4) is 0 Å². The van der Waals surface area contributed by atoms with Crippen LogP contribution in [0, 0.1) is 5.41 Å². The van der Waals surface area contributed by atoms with Crippen molar-refractivity contribution >= 4 is 34.7 Å². The van der Waals surface area contributed by atoms with E-state index in [-0.39, 0.29) is 11.2 Å². The normalized spacial score (nSPS) is 18.4. The summed E-state index contributed by atoms with van der Waals surface area (Å²) in [6.45, 7) is 4.16. The van der Waals surface area contributed by atoms with Crippen LogP contribution in [0.25, 0.3) is 0 Å². The third-order valence-corrected chi connectivity index (χ3v) is 3.45. The standard InChI is InChI=1S/C14H15Cl2NO/c1-14(2)7-10(6-11(18)8-14)17-13-5-9(15)3-4-12(13)16/h3-6,17H,7-8H2,1-2H3. The molecule has 0 bridgehead atoms. The fourth-order valence-electron chi connectivity index (χ4n) is 2.19. The highest BCUT2D eigenvalue weighted by atomic mass is 35.5. The second kappa shape index (κ2) is 4.94. The van der Waals surface area contributed by atoms with E-state index >= 15 is 0 Å². The average Bonchev–Trinajstić information content (AvgIpc) is 2.20. The van der Waals surface area contributed by atoms with Gasteiger partial charge in [0.05, 0.1) is 10.7 Å². The second-order valence-electron chi connectivity index (χ2n) is 5.40. The van der Waals surface area contributed by atoms with Crippen LogP contribution in [0.5, 0.6) is 0 Å². The molecule has 0 fully saturated rings. The number of carbonyl (C=O) groups excluding carboxylic acids is 1. The summed E-state index contributed by atoms with van der Waals surface area (Å²) in [5, 5.41) is 4.41. The molecule has 0 radical (unpaired) electrons. The molecule has 1 aliphatic rings. The molecular formula is C14H15Cl2NO. The third-order valence-electron chi connectivity index (χ3n) is 2.88. The van der Waals surface area contributed by atoms with Gasteiger partial charge in [-0.3, -0.25) is 4.79 Å². The van der Waals surface area contributed by atoms with Gasteiger partial charge in [-0.1, -0.05) is 37.0 Å². The number of hydrogen-bond acceptors (Lipinski definition) is 2. The molecule has 0 heterocycles. The summed E-state index contributed by atoms with van der Waals surface area (Å²) < 4.78 is 0. The maximum absolute atomic E-state index is 11.7. The Morgan fingerprint density at radius 1 is 1.22 bits per heavy atom. The van der Waals surface area contributed by atoms with Crippen LogP contribution in [0.1, 0.15) is 26.7 Å². The summed E-state index contributed by atoms with van der Waals surface area (Å²) in [4.78, 5) is 11.7. The molecular weight excluding hydrogens is 269 g/mol. The van der Waals surface area contributed by atoms with Crippen molar-refractivity contribution in [1.82, 2.24) is 0 Å². The van der Waals surface area contributed by atoms with Crippen molar-refractivity contribution in [3.05, 3.63) is 40.0 Å². The lowest BCUT2D eigenvalue weighted by atomic mass is 9.79. The topological polar surface area (TPSA) is 29.1 Å². The van der Waals surface area contributed by atoms with Crippen LogP contribution in [-0.4, -0.2) is 5.78 Å². The van der Waals surface area contributed by atoms with Gasteiger partial charge in [0.1, 0.15) is 0 Å². The molecule has 1 N–H and O–H groups in total. The molecule has 4 heteroatoms. The molecule has 0 saturated heterocycles. The van der Waals surface area contributed by atoms with E-state index in [2.05, 4.69) is 19.2 Å². The predicted octanol–water partition coefficient (Wildman–Crippen LogP) is 4.68. The van der Waals surface area contributed by atoms with Gasteiger partial charge in [-0.05, 0) is 30.0 Å². The molecule has 2 nitrogen and oxygen atoms in total. The Kier molecular flexibility index (Phi) is 3.69. The number of halogens is 2. The minimum Gasteiger partial charge on any atom is -0.358 e. The Bertz CT molecular complexity index is 521.